The van der Waals surface area contributed by atoms with E-state index in [4.69, 9.17) is 0 Å². The zero-order chi connectivity index (χ0) is 15.7. The van der Waals surface area contributed by atoms with Gasteiger partial charge in [-0.25, -0.2) is 13.1 Å². The van der Waals surface area contributed by atoms with Gasteiger partial charge in [0.25, 0.3) is 0 Å². The Morgan fingerprint density at radius 1 is 1.24 bits per heavy atom. The molecule has 1 saturated heterocycles. The van der Waals surface area contributed by atoms with Gasteiger partial charge in [-0.05, 0) is 44.1 Å². The van der Waals surface area contributed by atoms with Crippen LogP contribution in [0.5, 0.6) is 0 Å². The highest BCUT2D eigenvalue weighted by Crippen LogP contribution is 2.36. The minimum absolute atomic E-state index is 0.177. The van der Waals surface area contributed by atoms with Crippen LogP contribution in [-0.2, 0) is 16.2 Å². The quantitative estimate of drug-likeness (QED) is 0.838. The highest BCUT2D eigenvalue weighted by molar-refractivity contribution is 9.10. The molecule has 0 unspecified atom stereocenters. The fourth-order valence-electron chi connectivity index (χ4n) is 2.18. The van der Waals surface area contributed by atoms with Crippen molar-refractivity contribution in [2.75, 3.05) is 13.1 Å². The third-order valence-electron chi connectivity index (χ3n) is 3.20. The van der Waals surface area contributed by atoms with Gasteiger partial charge < -0.3 is 5.32 Å². The minimum atomic E-state index is -4.73. The largest absolute Gasteiger partial charge is 0.417 e. The molecule has 9 heteroatoms. The van der Waals surface area contributed by atoms with Crippen molar-refractivity contribution in [2.24, 2.45) is 0 Å². The molecule has 2 N–H and O–H groups in total. The highest BCUT2D eigenvalue weighted by Gasteiger charge is 2.38. The lowest BCUT2D eigenvalue weighted by atomic mass is 10.1. The van der Waals surface area contributed by atoms with Gasteiger partial charge in [-0.1, -0.05) is 15.9 Å². The van der Waals surface area contributed by atoms with Crippen LogP contribution in [0.2, 0.25) is 0 Å². The molecule has 1 aliphatic rings. The predicted molar refractivity (Wildman–Crippen MR) is 75.4 cm³/mol. The Kier molecular flexibility index (Phi) is 4.96. The second kappa shape index (κ2) is 6.23. The number of rotatable bonds is 3. The molecule has 1 fully saturated rings. The van der Waals surface area contributed by atoms with E-state index in [2.05, 4.69) is 26.0 Å². The van der Waals surface area contributed by atoms with Crippen molar-refractivity contribution in [3.8, 4) is 0 Å². The molecular weight excluding hydrogens is 373 g/mol. The Labute approximate surface area is 129 Å². The molecule has 1 aromatic rings. The number of sulfonamides is 1. The normalized spacial score (nSPS) is 17.9. The number of nitrogens with one attached hydrogen (secondary N) is 2. The lowest BCUT2D eigenvalue weighted by Crippen LogP contribution is -2.43. The van der Waals surface area contributed by atoms with Crippen LogP contribution < -0.4 is 10.0 Å². The van der Waals surface area contributed by atoms with Crippen LogP contribution in [0.4, 0.5) is 13.2 Å². The van der Waals surface area contributed by atoms with Gasteiger partial charge in [0.15, 0.2) is 0 Å². The van der Waals surface area contributed by atoms with E-state index in [9.17, 15) is 21.6 Å². The molecule has 0 bridgehead atoms. The van der Waals surface area contributed by atoms with Crippen molar-refractivity contribution >= 4 is 26.0 Å². The van der Waals surface area contributed by atoms with Gasteiger partial charge in [0, 0.05) is 10.5 Å². The Bertz CT molecular complexity index is 613. The molecule has 21 heavy (non-hydrogen) atoms. The van der Waals surface area contributed by atoms with Crippen LogP contribution in [0, 0.1) is 0 Å². The third-order valence-corrected chi connectivity index (χ3v) is 5.27. The first-order chi connectivity index (χ1) is 9.70. The third kappa shape index (κ3) is 4.18. The maximum atomic E-state index is 13.0. The first kappa shape index (κ1) is 16.7. The molecule has 0 aliphatic carbocycles. The predicted octanol–water partition coefficient (Wildman–Crippen LogP) is 2.50. The SMILES string of the molecule is O=S(=O)(NC1CCNCC1)c1ccc(Br)cc1C(F)(F)F. The number of hydrogen-bond donors (Lipinski definition) is 2. The summed E-state index contributed by atoms with van der Waals surface area (Å²) >= 11 is 2.93. The lowest BCUT2D eigenvalue weighted by molar-refractivity contribution is -0.139. The van der Waals surface area contributed by atoms with Crippen molar-refractivity contribution in [3.63, 3.8) is 0 Å². The van der Waals surface area contributed by atoms with Crippen LogP contribution in [0.1, 0.15) is 18.4 Å². The molecule has 4 nitrogen and oxygen atoms in total. The van der Waals surface area contributed by atoms with E-state index in [1.165, 1.54) is 6.07 Å². The Morgan fingerprint density at radius 3 is 2.43 bits per heavy atom. The van der Waals surface area contributed by atoms with Crippen LogP contribution in [0.25, 0.3) is 0 Å². The summed E-state index contributed by atoms with van der Waals surface area (Å²) in [5.41, 5.74) is -1.17. The first-order valence-electron chi connectivity index (χ1n) is 6.30. The molecular formula is C12H14BrF3N2O2S. The molecule has 118 valence electrons. The van der Waals surface area contributed by atoms with Gasteiger partial charge >= 0.3 is 6.18 Å². The van der Waals surface area contributed by atoms with Crippen LogP contribution >= 0.6 is 15.9 Å². The minimum Gasteiger partial charge on any atom is -0.317 e. The summed E-state index contributed by atoms with van der Waals surface area (Å²) in [5.74, 6) is 0. The fourth-order valence-corrected chi connectivity index (χ4v) is 4.05. The zero-order valence-corrected chi connectivity index (χ0v) is 13.3. The van der Waals surface area contributed by atoms with Gasteiger partial charge in [-0.3, -0.25) is 0 Å². The molecule has 0 spiro atoms. The van der Waals surface area contributed by atoms with Crippen molar-refractivity contribution in [2.45, 2.75) is 30.0 Å². The van der Waals surface area contributed by atoms with E-state index < -0.39 is 26.7 Å². The summed E-state index contributed by atoms with van der Waals surface area (Å²) in [7, 11) is -4.21. The smallest absolute Gasteiger partial charge is 0.317 e. The molecule has 0 atom stereocenters. The lowest BCUT2D eigenvalue weighted by Gasteiger charge is -2.24. The van der Waals surface area contributed by atoms with E-state index in [1.54, 1.807) is 0 Å². The van der Waals surface area contributed by atoms with E-state index in [0.29, 0.717) is 25.9 Å². The number of hydrogen-bond acceptors (Lipinski definition) is 3. The number of halogens is 4. The standard InChI is InChI=1S/C12H14BrF3N2O2S/c13-8-1-2-11(10(7-8)12(14,15)16)21(19,20)18-9-3-5-17-6-4-9/h1-2,7,9,17-18H,3-6H2. The first-order valence-corrected chi connectivity index (χ1v) is 8.57. The number of benzene rings is 1. The second-order valence-corrected chi connectivity index (χ2v) is 7.38. The van der Waals surface area contributed by atoms with Crippen molar-refractivity contribution < 1.29 is 21.6 Å². The van der Waals surface area contributed by atoms with Gasteiger partial charge in [-0.15, -0.1) is 0 Å². The molecule has 0 radical (unpaired) electrons. The Hall–Kier alpha value is -0.640. The van der Waals surface area contributed by atoms with E-state index in [-0.39, 0.29) is 10.5 Å². The molecule has 1 aromatic carbocycles. The molecule has 0 aromatic heterocycles. The van der Waals surface area contributed by atoms with E-state index >= 15 is 0 Å². The van der Waals surface area contributed by atoms with Gasteiger partial charge in [0.1, 0.15) is 0 Å². The maximum Gasteiger partial charge on any atom is 0.417 e. The Balaban J connectivity index is 2.35. The summed E-state index contributed by atoms with van der Waals surface area (Å²) in [4.78, 5) is -0.739. The van der Waals surface area contributed by atoms with Crippen molar-refractivity contribution in [3.05, 3.63) is 28.2 Å². The second-order valence-electron chi connectivity index (χ2n) is 4.78. The fraction of sp³-hybridized carbons (Fsp3) is 0.500. The number of alkyl halides is 3. The molecule has 1 aliphatic heterocycles. The average Bonchev–Trinajstić information content (AvgIpc) is 2.38. The van der Waals surface area contributed by atoms with Gasteiger partial charge in [0.2, 0.25) is 10.0 Å². The molecule has 0 amide bonds. The van der Waals surface area contributed by atoms with Gasteiger partial charge in [-0.2, -0.15) is 13.2 Å². The zero-order valence-electron chi connectivity index (χ0n) is 10.9. The molecule has 0 saturated carbocycles. The van der Waals surface area contributed by atoms with Crippen molar-refractivity contribution in [1.29, 1.82) is 0 Å². The van der Waals surface area contributed by atoms with E-state index in [0.717, 1.165) is 12.1 Å². The maximum absolute atomic E-state index is 13.0. The Morgan fingerprint density at radius 2 is 1.86 bits per heavy atom. The monoisotopic (exact) mass is 386 g/mol. The highest BCUT2D eigenvalue weighted by atomic mass is 79.9. The van der Waals surface area contributed by atoms with E-state index in [1.807, 2.05) is 0 Å². The summed E-state index contributed by atoms with van der Waals surface area (Å²) in [6.45, 7) is 1.28. The summed E-state index contributed by atoms with van der Waals surface area (Å²) in [6, 6.07) is 2.68. The summed E-state index contributed by atoms with van der Waals surface area (Å²) in [6.07, 6.45) is -3.63. The van der Waals surface area contributed by atoms with Gasteiger partial charge in [0.05, 0.1) is 10.5 Å². The van der Waals surface area contributed by atoms with Crippen LogP contribution in [0.15, 0.2) is 27.6 Å². The topological polar surface area (TPSA) is 58.2 Å². The molecule has 1 heterocycles. The average molecular weight is 387 g/mol. The summed E-state index contributed by atoms with van der Waals surface area (Å²) < 4.78 is 66.0. The van der Waals surface area contributed by atoms with Crippen LogP contribution in [-0.4, -0.2) is 27.5 Å². The number of piperidine rings is 1. The summed E-state index contributed by atoms with van der Waals surface area (Å²) in [5, 5.41) is 3.06. The van der Waals surface area contributed by atoms with Crippen molar-refractivity contribution in [1.82, 2.24) is 10.0 Å². The van der Waals surface area contributed by atoms with Crippen LogP contribution in [0.3, 0.4) is 0 Å². The molecule has 2 rings (SSSR count).